The quantitative estimate of drug-likeness (QED) is 0.866. The highest BCUT2D eigenvalue weighted by Crippen LogP contribution is 2.35. The van der Waals surface area contributed by atoms with Crippen molar-refractivity contribution in [3.8, 4) is 6.07 Å². The van der Waals surface area contributed by atoms with Crippen LogP contribution in [0.5, 0.6) is 0 Å². The first-order valence-corrected chi connectivity index (χ1v) is 7.56. The Bertz CT molecular complexity index is 652. The van der Waals surface area contributed by atoms with E-state index in [-0.39, 0.29) is 0 Å². The average molecular weight is 285 g/mol. The van der Waals surface area contributed by atoms with Crippen molar-refractivity contribution < 1.29 is 0 Å². The lowest BCUT2D eigenvalue weighted by Gasteiger charge is -2.11. The Morgan fingerprint density at radius 3 is 2.90 bits per heavy atom. The third-order valence-corrected chi connectivity index (χ3v) is 4.60. The van der Waals surface area contributed by atoms with Crippen molar-refractivity contribution in [1.29, 1.82) is 5.26 Å². The molecule has 1 fully saturated rings. The number of benzene rings is 1. The van der Waals surface area contributed by atoms with E-state index in [9.17, 15) is 5.26 Å². The predicted octanol–water partition coefficient (Wildman–Crippen LogP) is 3.12. The number of tetrazole rings is 1. The minimum atomic E-state index is 0.405. The molecule has 1 saturated carbocycles. The third kappa shape index (κ3) is 2.54. The SMILES string of the molecule is Cc1ccc(C#N)c(Sc2nnnn2C2CCCC2)c1. The largest absolute Gasteiger partial charge is 0.217 e. The molecular weight excluding hydrogens is 270 g/mol. The van der Waals surface area contributed by atoms with Gasteiger partial charge in [0.05, 0.1) is 11.6 Å². The molecule has 0 aliphatic heterocycles. The summed E-state index contributed by atoms with van der Waals surface area (Å²) in [5.41, 5.74) is 1.80. The molecule has 0 radical (unpaired) electrons. The maximum absolute atomic E-state index is 9.20. The Labute approximate surface area is 122 Å². The van der Waals surface area contributed by atoms with Gasteiger partial charge in [0.15, 0.2) is 0 Å². The molecule has 6 heteroatoms. The van der Waals surface area contributed by atoms with Gasteiger partial charge in [0.25, 0.3) is 0 Å². The topological polar surface area (TPSA) is 67.4 Å². The Hall–Kier alpha value is -1.87. The Balaban J connectivity index is 1.90. The normalized spacial score (nSPS) is 15.4. The Kier molecular flexibility index (Phi) is 3.70. The first-order chi connectivity index (χ1) is 9.78. The van der Waals surface area contributed by atoms with Gasteiger partial charge in [-0.1, -0.05) is 18.9 Å². The minimum absolute atomic E-state index is 0.405. The number of aryl methyl sites for hydroxylation is 1. The number of aromatic nitrogens is 4. The van der Waals surface area contributed by atoms with Gasteiger partial charge < -0.3 is 0 Å². The highest BCUT2D eigenvalue weighted by atomic mass is 32.2. The maximum Gasteiger partial charge on any atom is 0.214 e. The molecular formula is C14H15N5S. The van der Waals surface area contributed by atoms with Crippen LogP contribution in [0.15, 0.2) is 28.3 Å². The van der Waals surface area contributed by atoms with E-state index in [1.165, 1.54) is 24.6 Å². The number of nitrogens with zero attached hydrogens (tertiary/aromatic N) is 5. The van der Waals surface area contributed by atoms with Crippen molar-refractivity contribution in [3.63, 3.8) is 0 Å². The molecule has 0 spiro atoms. The number of nitriles is 1. The van der Waals surface area contributed by atoms with Gasteiger partial charge in [0.2, 0.25) is 5.16 Å². The van der Waals surface area contributed by atoms with Crippen LogP contribution in [0.2, 0.25) is 0 Å². The zero-order chi connectivity index (χ0) is 13.9. The van der Waals surface area contributed by atoms with Gasteiger partial charge in [-0.05, 0) is 59.7 Å². The van der Waals surface area contributed by atoms with Gasteiger partial charge in [0.1, 0.15) is 6.07 Å². The molecule has 0 unspecified atom stereocenters. The van der Waals surface area contributed by atoms with Crippen LogP contribution in [0.3, 0.4) is 0 Å². The summed E-state index contributed by atoms with van der Waals surface area (Å²) in [4.78, 5) is 0.918. The molecule has 1 aromatic carbocycles. The van der Waals surface area contributed by atoms with Gasteiger partial charge in [-0.25, -0.2) is 4.68 Å². The minimum Gasteiger partial charge on any atom is -0.217 e. The smallest absolute Gasteiger partial charge is 0.214 e. The predicted molar refractivity (Wildman–Crippen MR) is 75.3 cm³/mol. The molecule has 0 amide bonds. The summed E-state index contributed by atoms with van der Waals surface area (Å²) in [6, 6.07) is 8.44. The Morgan fingerprint density at radius 2 is 2.15 bits per heavy atom. The van der Waals surface area contributed by atoms with E-state index in [0.717, 1.165) is 28.5 Å². The van der Waals surface area contributed by atoms with Crippen molar-refractivity contribution >= 4 is 11.8 Å². The molecule has 2 aromatic rings. The van der Waals surface area contributed by atoms with Gasteiger partial charge in [0, 0.05) is 4.90 Å². The van der Waals surface area contributed by atoms with Crippen LogP contribution in [-0.4, -0.2) is 20.2 Å². The molecule has 20 heavy (non-hydrogen) atoms. The molecule has 1 aliphatic rings. The van der Waals surface area contributed by atoms with Crippen molar-refractivity contribution in [1.82, 2.24) is 20.2 Å². The molecule has 0 atom stereocenters. The summed E-state index contributed by atoms with van der Waals surface area (Å²) in [6.45, 7) is 2.02. The van der Waals surface area contributed by atoms with E-state index in [4.69, 9.17) is 0 Å². The molecule has 0 bridgehead atoms. The fraction of sp³-hybridized carbons (Fsp3) is 0.429. The third-order valence-electron chi connectivity index (χ3n) is 3.59. The van der Waals surface area contributed by atoms with Gasteiger partial charge in [-0.2, -0.15) is 5.26 Å². The summed E-state index contributed by atoms with van der Waals surface area (Å²) in [5.74, 6) is 0. The van der Waals surface area contributed by atoms with Crippen LogP contribution in [0.1, 0.15) is 42.9 Å². The fourth-order valence-electron chi connectivity index (χ4n) is 2.54. The highest BCUT2D eigenvalue weighted by Gasteiger charge is 2.22. The van der Waals surface area contributed by atoms with Crippen molar-refractivity contribution in [2.75, 3.05) is 0 Å². The summed E-state index contributed by atoms with van der Waals surface area (Å²) >= 11 is 1.48. The first kappa shape index (κ1) is 13.1. The molecule has 5 nitrogen and oxygen atoms in total. The van der Waals surface area contributed by atoms with Crippen molar-refractivity contribution in [2.45, 2.75) is 48.7 Å². The molecule has 0 N–H and O–H groups in total. The summed E-state index contributed by atoms with van der Waals surface area (Å²) in [7, 11) is 0. The zero-order valence-corrected chi connectivity index (χ0v) is 12.1. The number of hydrogen-bond acceptors (Lipinski definition) is 5. The molecule has 0 saturated heterocycles. The number of hydrogen-bond donors (Lipinski definition) is 0. The summed E-state index contributed by atoms with van der Waals surface area (Å²) in [6.07, 6.45) is 4.75. The zero-order valence-electron chi connectivity index (χ0n) is 11.3. The van der Waals surface area contributed by atoms with Crippen LogP contribution in [0.4, 0.5) is 0 Å². The molecule has 102 valence electrons. The first-order valence-electron chi connectivity index (χ1n) is 6.74. The van der Waals surface area contributed by atoms with E-state index >= 15 is 0 Å². The number of rotatable bonds is 3. The molecule has 1 aliphatic carbocycles. The van der Waals surface area contributed by atoms with Crippen LogP contribution in [0, 0.1) is 18.3 Å². The van der Waals surface area contributed by atoms with Gasteiger partial charge >= 0.3 is 0 Å². The van der Waals surface area contributed by atoms with Gasteiger partial charge in [-0.3, -0.25) is 0 Å². The standard InChI is InChI=1S/C14H15N5S/c1-10-6-7-11(9-15)13(8-10)20-14-16-17-18-19(14)12-4-2-3-5-12/h6-8,12H,2-5H2,1H3. The molecule has 3 rings (SSSR count). The second-order valence-corrected chi connectivity index (χ2v) is 6.07. The molecule has 1 aromatic heterocycles. The van der Waals surface area contributed by atoms with Crippen LogP contribution in [0.25, 0.3) is 0 Å². The lowest BCUT2D eigenvalue weighted by atomic mass is 10.2. The summed E-state index contributed by atoms with van der Waals surface area (Å²) in [5, 5.41) is 22.0. The second kappa shape index (κ2) is 5.63. The Morgan fingerprint density at radius 1 is 1.35 bits per heavy atom. The average Bonchev–Trinajstić information content (AvgIpc) is 3.09. The summed E-state index contributed by atoms with van der Waals surface area (Å²) < 4.78 is 1.92. The second-order valence-electron chi connectivity index (χ2n) is 5.06. The maximum atomic E-state index is 9.20. The van der Waals surface area contributed by atoms with Crippen LogP contribution in [-0.2, 0) is 0 Å². The highest BCUT2D eigenvalue weighted by molar-refractivity contribution is 7.99. The van der Waals surface area contributed by atoms with E-state index in [1.54, 1.807) is 0 Å². The fourth-order valence-corrected chi connectivity index (χ4v) is 3.56. The van der Waals surface area contributed by atoms with E-state index < -0.39 is 0 Å². The lowest BCUT2D eigenvalue weighted by molar-refractivity contribution is 0.423. The van der Waals surface area contributed by atoms with Crippen molar-refractivity contribution in [2.24, 2.45) is 0 Å². The van der Waals surface area contributed by atoms with E-state index in [2.05, 4.69) is 21.6 Å². The molecule has 1 heterocycles. The van der Waals surface area contributed by atoms with Crippen molar-refractivity contribution in [3.05, 3.63) is 29.3 Å². The van der Waals surface area contributed by atoms with Crippen LogP contribution < -0.4 is 0 Å². The van der Waals surface area contributed by atoms with E-state index in [0.29, 0.717) is 11.6 Å². The lowest BCUT2D eigenvalue weighted by Crippen LogP contribution is -2.08. The monoisotopic (exact) mass is 285 g/mol. The van der Waals surface area contributed by atoms with Crippen LogP contribution >= 0.6 is 11.8 Å². The van der Waals surface area contributed by atoms with E-state index in [1.807, 2.05) is 29.8 Å². The van der Waals surface area contributed by atoms with Gasteiger partial charge in [-0.15, -0.1) is 5.10 Å².